The van der Waals surface area contributed by atoms with E-state index in [1.807, 2.05) is 0 Å². The molecule has 0 aliphatic carbocycles. The average molecular weight is 194 g/mol. The molecule has 0 amide bonds. The number of nitrogens with one attached hydrogen (secondary N) is 1. The predicted octanol–water partition coefficient (Wildman–Crippen LogP) is -0.972. The molecule has 62 valence electrons. The van der Waals surface area contributed by atoms with Crippen LogP contribution in [0, 0.1) is 0 Å². The molecular weight excluding hydrogens is 188 g/mol. The molecule has 0 unspecified atom stereocenters. The largest absolute Gasteiger partial charge is 0.374 e. The Balaban J connectivity index is 3.13. The zero-order chi connectivity index (χ0) is 8.48. The molecule has 0 saturated carbocycles. The Labute approximate surface area is 67.5 Å². The lowest BCUT2D eigenvalue weighted by molar-refractivity contribution is 0.586. The van der Waals surface area contributed by atoms with Crippen LogP contribution in [0.5, 0.6) is 0 Å². The second kappa shape index (κ2) is 2.72. The molecule has 0 atom stereocenters. The van der Waals surface area contributed by atoms with Crippen molar-refractivity contribution in [1.29, 1.82) is 0 Å². The highest BCUT2D eigenvalue weighted by atomic mass is 32.2. The number of aromatic nitrogens is 2. The summed E-state index contributed by atoms with van der Waals surface area (Å²) in [6.07, 6.45) is 0. The highest BCUT2D eigenvalue weighted by Gasteiger charge is 2.16. The molecule has 0 saturated heterocycles. The maximum absolute atomic E-state index is 11.0. The van der Waals surface area contributed by atoms with Crippen LogP contribution in [0.3, 0.4) is 0 Å². The quantitative estimate of drug-likeness (QED) is 0.631. The molecule has 0 aliphatic heterocycles. The van der Waals surface area contributed by atoms with E-state index in [2.05, 4.69) is 14.9 Å². The molecular formula is C3H6N4O2S2. The lowest BCUT2D eigenvalue weighted by atomic mass is 11.3. The molecule has 8 heteroatoms. The van der Waals surface area contributed by atoms with Gasteiger partial charge in [-0.3, -0.25) is 0 Å². The van der Waals surface area contributed by atoms with Crippen molar-refractivity contribution in [2.75, 3.05) is 12.8 Å². The Hall–Kier alpha value is -0.730. The minimum Gasteiger partial charge on any atom is -0.374 e. The van der Waals surface area contributed by atoms with Crippen LogP contribution in [-0.2, 0) is 10.0 Å². The molecule has 0 aromatic carbocycles. The Morgan fingerprint density at radius 1 is 1.55 bits per heavy atom. The van der Waals surface area contributed by atoms with Gasteiger partial charge in [-0.2, -0.15) is 0 Å². The minimum absolute atomic E-state index is 0.113. The number of hydrogen-bond acceptors (Lipinski definition) is 6. The summed E-state index contributed by atoms with van der Waals surface area (Å²) in [5, 5.41) is 6.85. The van der Waals surface area contributed by atoms with Gasteiger partial charge in [0, 0.05) is 0 Å². The van der Waals surface area contributed by atoms with Crippen LogP contribution in [0.2, 0.25) is 0 Å². The summed E-state index contributed by atoms with van der Waals surface area (Å²) >= 11 is 0.824. The van der Waals surface area contributed by atoms with E-state index in [1.165, 1.54) is 7.05 Å². The zero-order valence-electron chi connectivity index (χ0n) is 5.60. The third-order valence-corrected chi connectivity index (χ3v) is 3.45. The van der Waals surface area contributed by atoms with Crippen molar-refractivity contribution >= 4 is 26.5 Å². The number of nitrogen functional groups attached to an aromatic ring is 1. The number of rotatable bonds is 2. The molecule has 1 rings (SSSR count). The van der Waals surface area contributed by atoms with Crippen LogP contribution in [0.1, 0.15) is 0 Å². The van der Waals surface area contributed by atoms with E-state index in [9.17, 15) is 8.42 Å². The Kier molecular flexibility index (Phi) is 2.07. The van der Waals surface area contributed by atoms with Crippen LogP contribution in [0.25, 0.3) is 0 Å². The van der Waals surface area contributed by atoms with E-state index < -0.39 is 10.0 Å². The summed E-state index contributed by atoms with van der Waals surface area (Å²) in [6.45, 7) is 0. The average Bonchev–Trinajstić information content (AvgIpc) is 2.36. The van der Waals surface area contributed by atoms with Crippen molar-refractivity contribution < 1.29 is 8.42 Å². The van der Waals surface area contributed by atoms with Gasteiger partial charge < -0.3 is 5.73 Å². The van der Waals surface area contributed by atoms with Gasteiger partial charge in [0.15, 0.2) is 0 Å². The van der Waals surface area contributed by atoms with Gasteiger partial charge in [-0.25, -0.2) is 13.1 Å². The van der Waals surface area contributed by atoms with Crippen molar-refractivity contribution in [3.05, 3.63) is 0 Å². The third kappa shape index (κ3) is 1.64. The molecule has 6 nitrogen and oxygen atoms in total. The lowest BCUT2D eigenvalue weighted by Gasteiger charge is -1.92. The number of nitrogens with two attached hydrogens (primary N) is 1. The van der Waals surface area contributed by atoms with E-state index in [0.717, 1.165) is 11.3 Å². The second-order valence-corrected chi connectivity index (χ2v) is 4.68. The van der Waals surface area contributed by atoms with Crippen molar-refractivity contribution in [1.82, 2.24) is 14.9 Å². The van der Waals surface area contributed by atoms with Crippen molar-refractivity contribution in [3.63, 3.8) is 0 Å². The van der Waals surface area contributed by atoms with Gasteiger partial charge in [0.2, 0.25) is 9.47 Å². The van der Waals surface area contributed by atoms with Gasteiger partial charge >= 0.3 is 0 Å². The summed E-state index contributed by atoms with van der Waals surface area (Å²) in [7, 11) is -2.16. The van der Waals surface area contributed by atoms with Gasteiger partial charge in [-0.05, 0) is 7.05 Å². The smallest absolute Gasteiger partial charge is 0.269 e. The maximum atomic E-state index is 11.0. The topological polar surface area (TPSA) is 98.0 Å². The van der Waals surface area contributed by atoms with Crippen LogP contribution in [0.4, 0.5) is 5.13 Å². The molecule has 3 N–H and O–H groups in total. The molecule has 0 bridgehead atoms. The first-order valence-electron chi connectivity index (χ1n) is 2.59. The monoisotopic (exact) mass is 194 g/mol. The molecule has 1 aromatic rings. The fourth-order valence-electron chi connectivity index (χ4n) is 0.416. The highest BCUT2D eigenvalue weighted by molar-refractivity contribution is 7.91. The molecule has 11 heavy (non-hydrogen) atoms. The number of hydrogen-bond donors (Lipinski definition) is 2. The molecule has 1 aromatic heterocycles. The molecule has 0 spiro atoms. The molecule has 0 fully saturated rings. The van der Waals surface area contributed by atoms with Crippen LogP contribution in [0.15, 0.2) is 4.34 Å². The normalized spacial score (nSPS) is 11.7. The summed E-state index contributed by atoms with van der Waals surface area (Å²) in [5.74, 6) is 0. The molecule has 1 heterocycles. The fourth-order valence-corrected chi connectivity index (χ4v) is 2.03. The van der Waals surface area contributed by atoms with Crippen LogP contribution < -0.4 is 10.5 Å². The summed E-state index contributed by atoms with van der Waals surface area (Å²) < 4.78 is 23.9. The SMILES string of the molecule is CNS(=O)(=O)c1nnc(N)s1. The summed E-state index contributed by atoms with van der Waals surface area (Å²) in [4.78, 5) is 0. The Morgan fingerprint density at radius 3 is 2.55 bits per heavy atom. The summed E-state index contributed by atoms with van der Waals surface area (Å²) in [6, 6.07) is 0. The first-order valence-corrected chi connectivity index (χ1v) is 4.89. The van der Waals surface area contributed by atoms with Crippen LogP contribution in [-0.4, -0.2) is 25.7 Å². The number of anilines is 1. The van der Waals surface area contributed by atoms with E-state index in [4.69, 9.17) is 5.73 Å². The van der Waals surface area contributed by atoms with Gasteiger partial charge in [0.1, 0.15) is 0 Å². The van der Waals surface area contributed by atoms with E-state index >= 15 is 0 Å². The van der Waals surface area contributed by atoms with Gasteiger partial charge in [0.25, 0.3) is 10.0 Å². The van der Waals surface area contributed by atoms with Crippen molar-refractivity contribution in [2.24, 2.45) is 0 Å². The Bertz CT molecular complexity index is 342. The van der Waals surface area contributed by atoms with E-state index in [1.54, 1.807) is 0 Å². The number of nitrogens with zero attached hydrogens (tertiary/aromatic N) is 2. The van der Waals surface area contributed by atoms with Crippen molar-refractivity contribution in [2.45, 2.75) is 4.34 Å². The third-order valence-electron chi connectivity index (χ3n) is 0.921. The minimum atomic E-state index is -3.46. The predicted molar refractivity (Wildman–Crippen MR) is 40.6 cm³/mol. The van der Waals surface area contributed by atoms with Gasteiger partial charge in [-0.15, -0.1) is 10.2 Å². The maximum Gasteiger partial charge on any atom is 0.269 e. The standard InChI is InChI=1S/C3H6N4O2S2/c1-5-11(8,9)3-7-6-2(4)10-3/h5H,1H3,(H2,4,6). The first-order chi connectivity index (χ1) is 5.06. The fraction of sp³-hybridized carbons (Fsp3) is 0.333. The van der Waals surface area contributed by atoms with Crippen LogP contribution >= 0.6 is 11.3 Å². The Morgan fingerprint density at radius 2 is 2.18 bits per heavy atom. The number of sulfonamides is 1. The second-order valence-electron chi connectivity index (χ2n) is 1.61. The van der Waals surface area contributed by atoms with Gasteiger partial charge in [0.05, 0.1) is 0 Å². The summed E-state index contributed by atoms with van der Waals surface area (Å²) in [5.41, 5.74) is 5.18. The first kappa shape index (κ1) is 8.37. The lowest BCUT2D eigenvalue weighted by Crippen LogP contribution is -2.18. The van der Waals surface area contributed by atoms with E-state index in [-0.39, 0.29) is 9.47 Å². The van der Waals surface area contributed by atoms with E-state index in [0.29, 0.717) is 0 Å². The molecule has 0 radical (unpaired) electrons. The van der Waals surface area contributed by atoms with Crippen molar-refractivity contribution in [3.8, 4) is 0 Å². The zero-order valence-corrected chi connectivity index (χ0v) is 7.24. The highest BCUT2D eigenvalue weighted by Crippen LogP contribution is 2.15. The molecule has 0 aliphatic rings. The van der Waals surface area contributed by atoms with Gasteiger partial charge in [-0.1, -0.05) is 11.3 Å².